The summed E-state index contributed by atoms with van der Waals surface area (Å²) in [5, 5.41) is 0. The first-order valence-electron chi connectivity index (χ1n) is 14.1. The maximum atomic E-state index is 4.83. The van der Waals surface area contributed by atoms with Crippen molar-refractivity contribution in [3.05, 3.63) is 42.0 Å². The van der Waals surface area contributed by atoms with E-state index in [0.717, 1.165) is 23.7 Å². The maximum Gasteiger partial charge on any atom is 0.160 e. The third-order valence-electron chi connectivity index (χ3n) is 7.55. The fourth-order valence-corrected chi connectivity index (χ4v) is 5.30. The summed E-state index contributed by atoms with van der Waals surface area (Å²) in [6.45, 7) is 4.56. The van der Waals surface area contributed by atoms with Gasteiger partial charge in [-0.2, -0.15) is 0 Å². The lowest BCUT2D eigenvalue weighted by atomic mass is 9.78. The first kappa shape index (κ1) is 25.8. The number of hydrogen-bond acceptors (Lipinski definition) is 3. The number of aryl methyl sites for hydroxylation is 1. The van der Waals surface area contributed by atoms with Crippen molar-refractivity contribution >= 4 is 0 Å². The second-order valence-corrected chi connectivity index (χ2v) is 10.3. The van der Waals surface area contributed by atoms with Crippen molar-refractivity contribution in [3.8, 4) is 11.4 Å². The second-order valence-electron chi connectivity index (χ2n) is 10.3. The molecule has 1 saturated carbocycles. The van der Waals surface area contributed by atoms with Crippen LogP contribution in [0.3, 0.4) is 0 Å². The van der Waals surface area contributed by atoms with Crippen molar-refractivity contribution in [2.75, 3.05) is 0 Å². The number of unbranched alkanes of at least 4 members (excludes halogenated alkanes) is 9. The summed E-state index contributed by atoms with van der Waals surface area (Å²) < 4.78 is 0. The lowest BCUT2D eigenvalue weighted by molar-refractivity contribution is 0.299. The number of nitrogens with zero attached hydrogens (tertiary/aromatic N) is 3. The Kier molecular flexibility index (Phi) is 11.9. The Hall–Kier alpha value is -1.77. The van der Waals surface area contributed by atoms with Crippen molar-refractivity contribution in [2.24, 2.45) is 5.92 Å². The van der Waals surface area contributed by atoms with Gasteiger partial charge in [-0.3, -0.25) is 4.98 Å². The Morgan fingerprint density at radius 1 is 0.667 bits per heavy atom. The van der Waals surface area contributed by atoms with E-state index >= 15 is 0 Å². The number of hydrogen-bond donors (Lipinski definition) is 0. The Morgan fingerprint density at radius 2 is 1.30 bits per heavy atom. The molecule has 0 spiro atoms. The van der Waals surface area contributed by atoms with Crippen LogP contribution in [0.25, 0.3) is 11.4 Å². The first-order valence-corrected chi connectivity index (χ1v) is 14.1. The van der Waals surface area contributed by atoms with E-state index in [2.05, 4.69) is 35.9 Å². The molecule has 0 amide bonds. The van der Waals surface area contributed by atoms with Crippen LogP contribution < -0.4 is 0 Å². The minimum atomic E-state index is 0.635. The third-order valence-corrected chi connectivity index (χ3v) is 7.55. The molecule has 0 unspecified atom stereocenters. The highest BCUT2D eigenvalue weighted by Gasteiger charge is 2.23. The normalized spacial score (nSPS) is 18.5. The summed E-state index contributed by atoms with van der Waals surface area (Å²) in [5.74, 6) is 2.38. The molecule has 0 radical (unpaired) electrons. The molecule has 3 heteroatoms. The van der Waals surface area contributed by atoms with Gasteiger partial charge < -0.3 is 0 Å². The minimum Gasteiger partial charge on any atom is -0.260 e. The zero-order valence-corrected chi connectivity index (χ0v) is 21.4. The van der Waals surface area contributed by atoms with E-state index in [9.17, 15) is 0 Å². The van der Waals surface area contributed by atoms with Gasteiger partial charge in [0.1, 0.15) is 0 Å². The van der Waals surface area contributed by atoms with Crippen molar-refractivity contribution < 1.29 is 0 Å². The van der Waals surface area contributed by atoms with Crippen LogP contribution in [0.4, 0.5) is 0 Å². The molecule has 3 nitrogen and oxygen atoms in total. The standard InChI is InChI=1S/C30H47N3/c1-3-5-7-9-11-13-15-26-22-32-30(33-23-26)28-20-21-29(31-24-28)27-18-16-25(17-19-27)14-12-10-8-6-4-2/h20-25,27H,3-19H2,1-2H3. The van der Waals surface area contributed by atoms with E-state index in [1.807, 2.05) is 18.6 Å². The average molecular weight is 450 g/mol. The van der Waals surface area contributed by atoms with E-state index in [1.54, 1.807) is 0 Å². The van der Waals surface area contributed by atoms with Gasteiger partial charge in [-0.25, -0.2) is 9.97 Å². The first-order chi connectivity index (χ1) is 16.3. The van der Waals surface area contributed by atoms with Crippen LogP contribution in [-0.2, 0) is 6.42 Å². The summed E-state index contributed by atoms with van der Waals surface area (Å²) >= 11 is 0. The summed E-state index contributed by atoms with van der Waals surface area (Å²) in [6.07, 6.45) is 28.9. The highest BCUT2D eigenvalue weighted by atomic mass is 14.9. The monoisotopic (exact) mass is 449 g/mol. The van der Waals surface area contributed by atoms with Gasteiger partial charge in [0.15, 0.2) is 5.82 Å². The third kappa shape index (κ3) is 9.18. The van der Waals surface area contributed by atoms with Crippen LogP contribution >= 0.6 is 0 Å². The molecular weight excluding hydrogens is 402 g/mol. The van der Waals surface area contributed by atoms with Gasteiger partial charge in [-0.05, 0) is 62.1 Å². The van der Waals surface area contributed by atoms with E-state index in [4.69, 9.17) is 4.98 Å². The molecule has 2 heterocycles. The van der Waals surface area contributed by atoms with Gasteiger partial charge in [0.2, 0.25) is 0 Å². The van der Waals surface area contributed by atoms with Gasteiger partial charge in [-0.1, -0.05) is 84.5 Å². The van der Waals surface area contributed by atoms with Crippen LogP contribution in [0.5, 0.6) is 0 Å². The zero-order chi connectivity index (χ0) is 23.1. The Labute approximate surface area is 203 Å². The average Bonchev–Trinajstić information content (AvgIpc) is 2.87. The van der Waals surface area contributed by atoms with E-state index in [1.165, 1.54) is 114 Å². The molecule has 1 aliphatic rings. The number of pyridine rings is 1. The van der Waals surface area contributed by atoms with E-state index in [0.29, 0.717) is 5.92 Å². The summed E-state index contributed by atoms with van der Waals surface area (Å²) in [4.78, 5) is 14.1. The Morgan fingerprint density at radius 3 is 1.94 bits per heavy atom. The van der Waals surface area contributed by atoms with E-state index in [-0.39, 0.29) is 0 Å². The van der Waals surface area contributed by atoms with Crippen molar-refractivity contribution in [1.29, 1.82) is 0 Å². The molecule has 33 heavy (non-hydrogen) atoms. The molecule has 0 saturated heterocycles. The fraction of sp³-hybridized carbons (Fsp3) is 0.700. The molecule has 0 N–H and O–H groups in total. The molecule has 3 rings (SSSR count). The van der Waals surface area contributed by atoms with Crippen LogP contribution in [0.15, 0.2) is 30.7 Å². The smallest absolute Gasteiger partial charge is 0.160 e. The summed E-state index contributed by atoms with van der Waals surface area (Å²) in [7, 11) is 0. The van der Waals surface area contributed by atoms with Crippen molar-refractivity contribution in [3.63, 3.8) is 0 Å². The molecule has 1 fully saturated rings. The number of aromatic nitrogens is 3. The van der Waals surface area contributed by atoms with Crippen LogP contribution in [0.1, 0.15) is 134 Å². The molecule has 0 atom stereocenters. The molecule has 1 aliphatic carbocycles. The predicted molar refractivity (Wildman–Crippen MR) is 140 cm³/mol. The van der Waals surface area contributed by atoms with Crippen LogP contribution in [0, 0.1) is 5.92 Å². The number of rotatable bonds is 15. The van der Waals surface area contributed by atoms with Gasteiger partial charge >= 0.3 is 0 Å². The summed E-state index contributed by atoms with van der Waals surface area (Å²) in [6, 6.07) is 4.39. The van der Waals surface area contributed by atoms with E-state index < -0.39 is 0 Å². The quantitative estimate of drug-likeness (QED) is 0.254. The lowest BCUT2D eigenvalue weighted by Gasteiger charge is -2.28. The van der Waals surface area contributed by atoms with Gasteiger partial charge in [0.25, 0.3) is 0 Å². The molecular formula is C30H47N3. The zero-order valence-electron chi connectivity index (χ0n) is 21.4. The van der Waals surface area contributed by atoms with Crippen LogP contribution in [-0.4, -0.2) is 15.0 Å². The minimum absolute atomic E-state index is 0.635. The molecule has 2 aromatic rings. The fourth-order valence-electron chi connectivity index (χ4n) is 5.30. The van der Waals surface area contributed by atoms with Crippen molar-refractivity contribution in [1.82, 2.24) is 15.0 Å². The molecule has 0 aromatic carbocycles. The summed E-state index contributed by atoms with van der Waals surface area (Å²) in [5.41, 5.74) is 3.55. The molecule has 0 aliphatic heterocycles. The topological polar surface area (TPSA) is 38.7 Å². The SMILES string of the molecule is CCCCCCCCc1cnc(-c2ccc(C3CCC(CCCCCCC)CC3)nc2)nc1. The second kappa shape index (κ2) is 15.2. The Bertz CT molecular complexity index is 745. The maximum absolute atomic E-state index is 4.83. The lowest BCUT2D eigenvalue weighted by Crippen LogP contribution is -2.14. The highest BCUT2D eigenvalue weighted by molar-refractivity contribution is 5.53. The van der Waals surface area contributed by atoms with Crippen LogP contribution in [0.2, 0.25) is 0 Å². The van der Waals surface area contributed by atoms with Gasteiger partial charge in [-0.15, -0.1) is 0 Å². The molecule has 182 valence electrons. The largest absolute Gasteiger partial charge is 0.260 e. The van der Waals surface area contributed by atoms with Gasteiger partial charge in [0.05, 0.1) is 0 Å². The highest BCUT2D eigenvalue weighted by Crippen LogP contribution is 2.37. The van der Waals surface area contributed by atoms with Crippen molar-refractivity contribution in [2.45, 2.75) is 129 Å². The Balaban J connectivity index is 1.39. The predicted octanol–water partition coefficient (Wildman–Crippen LogP) is 9.08. The van der Waals surface area contributed by atoms with Gasteiger partial charge in [0, 0.05) is 35.8 Å². The molecule has 0 bridgehead atoms. The molecule has 2 aromatic heterocycles.